The third kappa shape index (κ3) is 5.60. The molecular formula is C16H29N3. The summed E-state index contributed by atoms with van der Waals surface area (Å²) < 4.78 is 0. The fraction of sp³-hybridized carbons (Fsp3) is 0.688. The molecule has 1 heterocycles. The summed E-state index contributed by atoms with van der Waals surface area (Å²) in [5, 5.41) is 6.81. The van der Waals surface area contributed by atoms with Crippen molar-refractivity contribution in [2.75, 3.05) is 18.4 Å². The van der Waals surface area contributed by atoms with E-state index in [4.69, 9.17) is 4.98 Å². The molecule has 0 atom stereocenters. The number of pyridine rings is 1. The highest BCUT2D eigenvalue weighted by Gasteiger charge is 2.17. The molecule has 19 heavy (non-hydrogen) atoms. The average Bonchev–Trinajstić information content (AvgIpc) is 2.32. The third-order valence-corrected chi connectivity index (χ3v) is 2.92. The maximum absolute atomic E-state index is 4.75. The normalized spacial score (nSPS) is 11.9. The summed E-state index contributed by atoms with van der Waals surface area (Å²) in [6, 6.07) is 4.36. The largest absolute Gasteiger partial charge is 0.370 e. The van der Waals surface area contributed by atoms with Crippen molar-refractivity contribution < 1.29 is 0 Å². The maximum atomic E-state index is 4.75. The molecule has 0 saturated heterocycles. The lowest BCUT2D eigenvalue weighted by atomic mass is 9.90. The SMILES string of the molecule is CCNCc1cc(NCC(C)C)nc(C(C)(C)C)c1. The van der Waals surface area contributed by atoms with Crippen molar-refractivity contribution in [3.63, 3.8) is 0 Å². The van der Waals surface area contributed by atoms with E-state index in [2.05, 4.69) is 64.3 Å². The highest BCUT2D eigenvalue weighted by molar-refractivity contribution is 5.41. The maximum Gasteiger partial charge on any atom is 0.126 e. The molecule has 3 nitrogen and oxygen atoms in total. The molecule has 108 valence electrons. The summed E-state index contributed by atoms with van der Waals surface area (Å²) in [5.41, 5.74) is 2.53. The molecule has 0 aliphatic heterocycles. The van der Waals surface area contributed by atoms with E-state index >= 15 is 0 Å². The number of nitrogens with one attached hydrogen (secondary N) is 2. The van der Waals surface area contributed by atoms with Crippen molar-refractivity contribution >= 4 is 5.82 Å². The molecule has 0 aliphatic rings. The van der Waals surface area contributed by atoms with Crippen molar-refractivity contribution in [2.24, 2.45) is 5.92 Å². The first-order valence-corrected chi connectivity index (χ1v) is 7.29. The van der Waals surface area contributed by atoms with Crippen molar-refractivity contribution in [3.8, 4) is 0 Å². The molecule has 1 aromatic heterocycles. The molecule has 0 bridgehead atoms. The van der Waals surface area contributed by atoms with Gasteiger partial charge in [-0.05, 0) is 30.2 Å². The zero-order chi connectivity index (χ0) is 14.5. The van der Waals surface area contributed by atoms with E-state index in [0.717, 1.165) is 31.1 Å². The molecule has 1 rings (SSSR count). The van der Waals surface area contributed by atoms with Crippen LogP contribution in [0.1, 0.15) is 52.8 Å². The smallest absolute Gasteiger partial charge is 0.126 e. The Morgan fingerprint density at radius 3 is 2.42 bits per heavy atom. The molecule has 3 heteroatoms. The number of aromatic nitrogens is 1. The molecule has 0 fully saturated rings. The van der Waals surface area contributed by atoms with E-state index in [1.807, 2.05) is 0 Å². The van der Waals surface area contributed by atoms with Crippen LogP contribution in [0.3, 0.4) is 0 Å². The second-order valence-corrected chi connectivity index (χ2v) is 6.55. The highest BCUT2D eigenvalue weighted by Crippen LogP contribution is 2.23. The molecule has 0 unspecified atom stereocenters. The number of rotatable bonds is 6. The Bertz CT molecular complexity index is 391. The molecule has 0 aliphatic carbocycles. The van der Waals surface area contributed by atoms with Gasteiger partial charge in [0.1, 0.15) is 5.82 Å². The first-order valence-electron chi connectivity index (χ1n) is 7.29. The Hall–Kier alpha value is -1.09. The summed E-state index contributed by atoms with van der Waals surface area (Å²) in [7, 11) is 0. The van der Waals surface area contributed by atoms with Crippen LogP contribution in [0, 0.1) is 5.92 Å². The van der Waals surface area contributed by atoms with Gasteiger partial charge in [-0.2, -0.15) is 0 Å². The summed E-state index contributed by atoms with van der Waals surface area (Å²) >= 11 is 0. The van der Waals surface area contributed by atoms with Gasteiger partial charge >= 0.3 is 0 Å². The van der Waals surface area contributed by atoms with Crippen LogP contribution >= 0.6 is 0 Å². The van der Waals surface area contributed by atoms with Crippen LogP contribution < -0.4 is 10.6 Å². The van der Waals surface area contributed by atoms with Crippen LogP contribution in [0.15, 0.2) is 12.1 Å². The second-order valence-electron chi connectivity index (χ2n) is 6.55. The van der Waals surface area contributed by atoms with E-state index in [1.165, 1.54) is 5.56 Å². The van der Waals surface area contributed by atoms with E-state index in [-0.39, 0.29) is 5.41 Å². The molecule has 0 spiro atoms. The summed E-state index contributed by atoms with van der Waals surface area (Å²) in [6.07, 6.45) is 0. The van der Waals surface area contributed by atoms with Crippen molar-refractivity contribution in [1.29, 1.82) is 0 Å². The predicted molar refractivity (Wildman–Crippen MR) is 83.6 cm³/mol. The van der Waals surface area contributed by atoms with Gasteiger partial charge in [0.15, 0.2) is 0 Å². The first-order chi connectivity index (χ1) is 8.82. The number of hydrogen-bond acceptors (Lipinski definition) is 3. The predicted octanol–water partition coefficient (Wildman–Crippen LogP) is 3.56. The molecule has 0 aromatic carbocycles. The molecule has 2 N–H and O–H groups in total. The molecular weight excluding hydrogens is 234 g/mol. The van der Waals surface area contributed by atoms with Crippen LogP contribution in [0.25, 0.3) is 0 Å². The molecule has 0 radical (unpaired) electrons. The van der Waals surface area contributed by atoms with E-state index in [9.17, 15) is 0 Å². The van der Waals surface area contributed by atoms with Gasteiger partial charge < -0.3 is 10.6 Å². The fourth-order valence-corrected chi connectivity index (χ4v) is 1.74. The monoisotopic (exact) mass is 263 g/mol. The third-order valence-electron chi connectivity index (χ3n) is 2.92. The van der Waals surface area contributed by atoms with Gasteiger partial charge in [-0.25, -0.2) is 4.98 Å². The highest BCUT2D eigenvalue weighted by atomic mass is 15.0. The van der Waals surface area contributed by atoms with Crippen molar-refractivity contribution in [1.82, 2.24) is 10.3 Å². The van der Waals surface area contributed by atoms with Crippen LogP contribution in [0.4, 0.5) is 5.82 Å². The van der Waals surface area contributed by atoms with Crippen molar-refractivity contribution in [2.45, 2.75) is 53.5 Å². The zero-order valence-corrected chi connectivity index (χ0v) is 13.3. The van der Waals surface area contributed by atoms with Gasteiger partial charge in [0, 0.05) is 24.2 Å². The van der Waals surface area contributed by atoms with Gasteiger partial charge in [-0.1, -0.05) is 41.5 Å². The Kier molecular flexibility index (Phi) is 5.80. The van der Waals surface area contributed by atoms with E-state index < -0.39 is 0 Å². The van der Waals surface area contributed by atoms with Gasteiger partial charge in [0.2, 0.25) is 0 Å². The fourth-order valence-electron chi connectivity index (χ4n) is 1.74. The molecule has 0 saturated carbocycles. The lowest BCUT2D eigenvalue weighted by molar-refractivity contribution is 0.566. The minimum atomic E-state index is 0.0798. The van der Waals surface area contributed by atoms with Gasteiger partial charge in [-0.3, -0.25) is 0 Å². The lowest BCUT2D eigenvalue weighted by Gasteiger charge is -2.21. The minimum Gasteiger partial charge on any atom is -0.370 e. The number of hydrogen-bond donors (Lipinski definition) is 2. The van der Waals surface area contributed by atoms with E-state index in [0.29, 0.717) is 5.92 Å². The topological polar surface area (TPSA) is 37.0 Å². The Labute approximate surface area is 118 Å². The Morgan fingerprint density at radius 2 is 1.89 bits per heavy atom. The average molecular weight is 263 g/mol. The summed E-state index contributed by atoms with van der Waals surface area (Å²) in [4.78, 5) is 4.75. The quantitative estimate of drug-likeness (QED) is 0.824. The summed E-state index contributed by atoms with van der Waals surface area (Å²) in [6.45, 7) is 16.0. The zero-order valence-electron chi connectivity index (χ0n) is 13.3. The van der Waals surface area contributed by atoms with Gasteiger partial charge in [0.25, 0.3) is 0 Å². The van der Waals surface area contributed by atoms with Crippen LogP contribution in [-0.4, -0.2) is 18.1 Å². The lowest BCUT2D eigenvalue weighted by Crippen LogP contribution is -2.19. The molecule has 0 amide bonds. The Balaban J connectivity index is 2.95. The molecule has 1 aromatic rings. The van der Waals surface area contributed by atoms with E-state index in [1.54, 1.807) is 0 Å². The van der Waals surface area contributed by atoms with Crippen LogP contribution in [0.5, 0.6) is 0 Å². The number of anilines is 1. The summed E-state index contributed by atoms with van der Waals surface area (Å²) in [5.74, 6) is 1.62. The van der Waals surface area contributed by atoms with Gasteiger partial charge in [0.05, 0.1) is 0 Å². The first kappa shape index (κ1) is 16.0. The van der Waals surface area contributed by atoms with Crippen molar-refractivity contribution in [3.05, 3.63) is 23.4 Å². The van der Waals surface area contributed by atoms with Crippen LogP contribution in [0.2, 0.25) is 0 Å². The van der Waals surface area contributed by atoms with Crippen LogP contribution in [-0.2, 0) is 12.0 Å². The Morgan fingerprint density at radius 1 is 1.21 bits per heavy atom. The van der Waals surface area contributed by atoms with Gasteiger partial charge in [-0.15, -0.1) is 0 Å². The standard InChI is InChI=1S/C16H29N3/c1-7-17-11-13-8-14(16(4,5)6)19-15(9-13)18-10-12(2)3/h8-9,12,17H,7,10-11H2,1-6H3,(H,18,19). The minimum absolute atomic E-state index is 0.0798. The number of nitrogens with zero attached hydrogens (tertiary/aromatic N) is 1. The second kappa shape index (κ2) is 6.90.